The van der Waals surface area contributed by atoms with Crippen molar-refractivity contribution in [1.29, 1.82) is 0 Å². The average Bonchev–Trinajstić information content (AvgIpc) is 3.13. The molecule has 94 valence electrons. The SMILES string of the molecule is CCOc1ccc(C2(CN)CC2)cc1OCC. The van der Waals surface area contributed by atoms with Crippen molar-refractivity contribution in [1.82, 2.24) is 0 Å². The molecule has 1 aromatic carbocycles. The van der Waals surface area contributed by atoms with E-state index in [1.54, 1.807) is 0 Å². The molecule has 0 unspecified atom stereocenters. The number of benzene rings is 1. The predicted octanol–water partition coefficient (Wildman–Crippen LogP) is 2.47. The lowest BCUT2D eigenvalue weighted by molar-refractivity contribution is 0.287. The molecule has 0 heterocycles. The van der Waals surface area contributed by atoms with Gasteiger partial charge in [0.05, 0.1) is 13.2 Å². The molecule has 3 nitrogen and oxygen atoms in total. The maximum Gasteiger partial charge on any atom is 0.161 e. The summed E-state index contributed by atoms with van der Waals surface area (Å²) in [6.45, 7) is 5.98. The monoisotopic (exact) mass is 235 g/mol. The normalized spacial score (nSPS) is 16.6. The van der Waals surface area contributed by atoms with Crippen LogP contribution in [0.2, 0.25) is 0 Å². The van der Waals surface area contributed by atoms with Crippen LogP contribution in [-0.2, 0) is 5.41 Å². The third kappa shape index (κ3) is 2.39. The fourth-order valence-corrected chi connectivity index (χ4v) is 2.14. The molecule has 1 fully saturated rings. The van der Waals surface area contributed by atoms with Crippen molar-refractivity contribution in [2.45, 2.75) is 32.1 Å². The van der Waals surface area contributed by atoms with Crippen LogP contribution in [0.25, 0.3) is 0 Å². The standard InChI is InChI=1S/C14H21NO2/c1-3-16-12-6-5-11(9-13(12)17-4-2)14(10-15)7-8-14/h5-6,9H,3-4,7-8,10,15H2,1-2H3. The zero-order valence-corrected chi connectivity index (χ0v) is 10.7. The molecule has 0 atom stereocenters. The fourth-order valence-electron chi connectivity index (χ4n) is 2.14. The fraction of sp³-hybridized carbons (Fsp3) is 0.571. The van der Waals surface area contributed by atoms with Gasteiger partial charge in [0, 0.05) is 12.0 Å². The number of hydrogen-bond donors (Lipinski definition) is 1. The van der Waals surface area contributed by atoms with E-state index in [-0.39, 0.29) is 5.41 Å². The molecule has 0 amide bonds. The molecule has 0 saturated heterocycles. The van der Waals surface area contributed by atoms with E-state index >= 15 is 0 Å². The lowest BCUT2D eigenvalue weighted by Gasteiger charge is -2.17. The van der Waals surface area contributed by atoms with E-state index in [0.717, 1.165) is 11.5 Å². The van der Waals surface area contributed by atoms with Crippen molar-refractivity contribution in [3.63, 3.8) is 0 Å². The molecule has 1 saturated carbocycles. The van der Waals surface area contributed by atoms with Crippen LogP contribution >= 0.6 is 0 Å². The maximum absolute atomic E-state index is 5.85. The van der Waals surface area contributed by atoms with Gasteiger partial charge in [-0.25, -0.2) is 0 Å². The summed E-state index contributed by atoms with van der Waals surface area (Å²) in [5.41, 5.74) is 7.34. The summed E-state index contributed by atoms with van der Waals surface area (Å²) in [4.78, 5) is 0. The molecule has 2 rings (SSSR count). The molecule has 0 radical (unpaired) electrons. The van der Waals surface area contributed by atoms with Crippen LogP contribution in [0.1, 0.15) is 32.3 Å². The van der Waals surface area contributed by atoms with E-state index in [4.69, 9.17) is 15.2 Å². The second kappa shape index (κ2) is 4.96. The Labute approximate surface area is 103 Å². The van der Waals surface area contributed by atoms with Crippen molar-refractivity contribution in [2.75, 3.05) is 19.8 Å². The number of nitrogens with two attached hydrogens (primary N) is 1. The minimum atomic E-state index is 0.205. The molecular formula is C14H21NO2. The predicted molar refractivity (Wildman–Crippen MR) is 68.7 cm³/mol. The Morgan fingerprint density at radius 3 is 2.29 bits per heavy atom. The van der Waals surface area contributed by atoms with Crippen LogP contribution in [-0.4, -0.2) is 19.8 Å². The summed E-state index contributed by atoms with van der Waals surface area (Å²) in [6.07, 6.45) is 2.37. The van der Waals surface area contributed by atoms with Gasteiger partial charge in [-0.1, -0.05) is 6.07 Å². The van der Waals surface area contributed by atoms with E-state index in [1.165, 1.54) is 18.4 Å². The molecule has 0 aliphatic heterocycles. The van der Waals surface area contributed by atoms with Crippen molar-refractivity contribution in [3.05, 3.63) is 23.8 Å². The zero-order valence-electron chi connectivity index (χ0n) is 10.7. The third-order valence-electron chi connectivity index (χ3n) is 3.40. The highest BCUT2D eigenvalue weighted by Gasteiger charge is 2.43. The molecule has 3 heteroatoms. The minimum absolute atomic E-state index is 0.205. The van der Waals surface area contributed by atoms with Crippen LogP contribution in [0.3, 0.4) is 0 Å². The van der Waals surface area contributed by atoms with Crippen LogP contribution in [0.15, 0.2) is 18.2 Å². The Bertz CT molecular complexity index is 386. The van der Waals surface area contributed by atoms with E-state index in [9.17, 15) is 0 Å². The first-order valence-corrected chi connectivity index (χ1v) is 6.36. The number of hydrogen-bond acceptors (Lipinski definition) is 3. The van der Waals surface area contributed by atoms with Crippen molar-refractivity contribution >= 4 is 0 Å². The molecule has 0 spiro atoms. The minimum Gasteiger partial charge on any atom is -0.490 e. The van der Waals surface area contributed by atoms with Gasteiger partial charge in [-0.3, -0.25) is 0 Å². The van der Waals surface area contributed by atoms with Gasteiger partial charge in [-0.15, -0.1) is 0 Å². The smallest absolute Gasteiger partial charge is 0.161 e. The molecular weight excluding hydrogens is 214 g/mol. The maximum atomic E-state index is 5.85. The second-order valence-corrected chi connectivity index (χ2v) is 4.51. The highest BCUT2D eigenvalue weighted by atomic mass is 16.5. The molecule has 1 aromatic rings. The summed E-state index contributed by atoms with van der Waals surface area (Å²) in [5.74, 6) is 1.66. The van der Waals surface area contributed by atoms with E-state index in [0.29, 0.717) is 19.8 Å². The van der Waals surface area contributed by atoms with E-state index in [2.05, 4.69) is 12.1 Å². The van der Waals surface area contributed by atoms with Crippen LogP contribution < -0.4 is 15.2 Å². The van der Waals surface area contributed by atoms with Gasteiger partial charge in [0.1, 0.15) is 0 Å². The molecule has 0 bridgehead atoms. The summed E-state index contributed by atoms with van der Waals surface area (Å²) in [6, 6.07) is 6.21. The summed E-state index contributed by atoms with van der Waals surface area (Å²) in [7, 11) is 0. The van der Waals surface area contributed by atoms with E-state index < -0.39 is 0 Å². The highest BCUT2D eigenvalue weighted by Crippen LogP contribution is 2.48. The second-order valence-electron chi connectivity index (χ2n) is 4.51. The molecule has 0 aromatic heterocycles. The first kappa shape index (κ1) is 12.2. The highest BCUT2D eigenvalue weighted by molar-refractivity contribution is 5.47. The van der Waals surface area contributed by atoms with Gasteiger partial charge in [-0.2, -0.15) is 0 Å². The van der Waals surface area contributed by atoms with Gasteiger partial charge in [0.15, 0.2) is 11.5 Å². The Morgan fingerprint density at radius 2 is 1.76 bits per heavy atom. The largest absolute Gasteiger partial charge is 0.490 e. The number of rotatable bonds is 6. The van der Waals surface area contributed by atoms with Crippen LogP contribution in [0, 0.1) is 0 Å². The van der Waals surface area contributed by atoms with Gasteiger partial charge in [0.2, 0.25) is 0 Å². The Morgan fingerprint density at radius 1 is 1.12 bits per heavy atom. The Hall–Kier alpha value is -1.22. The van der Waals surface area contributed by atoms with Crippen molar-refractivity contribution in [3.8, 4) is 11.5 Å². The summed E-state index contributed by atoms with van der Waals surface area (Å²) in [5, 5.41) is 0. The van der Waals surface area contributed by atoms with Crippen LogP contribution in [0.5, 0.6) is 11.5 Å². The molecule has 17 heavy (non-hydrogen) atoms. The summed E-state index contributed by atoms with van der Waals surface area (Å²) < 4.78 is 11.2. The summed E-state index contributed by atoms with van der Waals surface area (Å²) >= 11 is 0. The molecule has 1 aliphatic carbocycles. The average molecular weight is 235 g/mol. The molecule has 2 N–H and O–H groups in total. The lowest BCUT2D eigenvalue weighted by atomic mass is 9.96. The third-order valence-corrected chi connectivity index (χ3v) is 3.40. The zero-order chi connectivity index (χ0) is 12.3. The Balaban J connectivity index is 2.28. The first-order chi connectivity index (χ1) is 8.25. The van der Waals surface area contributed by atoms with Gasteiger partial charge in [0.25, 0.3) is 0 Å². The Kier molecular flexibility index (Phi) is 3.57. The van der Waals surface area contributed by atoms with E-state index in [1.807, 2.05) is 19.9 Å². The quantitative estimate of drug-likeness (QED) is 0.823. The van der Waals surface area contributed by atoms with Crippen molar-refractivity contribution < 1.29 is 9.47 Å². The van der Waals surface area contributed by atoms with Crippen LogP contribution in [0.4, 0.5) is 0 Å². The lowest BCUT2D eigenvalue weighted by Crippen LogP contribution is -2.19. The van der Waals surface area contributed by atoms with Gasteiger partial charge in [-0.05, 0) is 44.4 Å². The topological polar surface area (TPSA) is 44.5 Å². The molecule has 1 aliphatic rings. The van der Waals surface area contributed by atoms with Crippen molar-refractivity contribution in [2.24, 2.45) is 5.73 Å². The van der Waals surface area contributed by atoms with Gasteiger partial charge < -0.3 is 15.2 Å². The number of ether oxygens (including phenoxy) is 2. The van der Waals surface area contributed by atoms with Gasteiger partial charge >= 0.3 is 0 Å². The first-order valence-electron chi connectivity index (χ1n) is 6.36.